The summed E-state index contributed by atoms with van der Waals surface area (Å²) in [6.45, 7) is 12.3. The molecule has 1 aliphatic heterocycles. The van der Waals surface area contributed by atoms with Crippen LogP contribution in [0, 0.1) is 12.8 Å². The minimum atomic E-state index is 0. The number of aromatic nitrogens is 1. The summed E-state index contributed by atoms with van der Waals surface area (Å²) in [5.74, 6) is 1.56. The Morgan fingerprint density at radius 1 is 1.41 bits per heavy atom. The average Bonchev–Trinajstić information content (AvgIpc) is 3.02. The number of hydrogen-bond donors (Lipinski definition) is 2. The van der Waals surface area contributed by atoms with Gasteiger partial charge >= 0.3 is 0 Å². The van der Waals surface area contributed by atoms with Gasteiger partial charge in [-0.15, -0.1) is 35.3 Å². The van der Waals surface area contributed by atoms with Crippen molar-refractivity contribution in [3.8, 4) is 0 Å². The van der Waals surface area contributed by atoms with Crippen LogP contribution in [0.1, 0.15) is 37.4 Å². The zero-order chi connectivity index (χ0) is 18.8. The topological polar surface area (TPSA) is 61.8 Å². The lowest BCUT2D eigenvalue weighted by atomic mass is 10.2. The second-order valence-corrected chi connectivity index (χ2v) is 8.31. The molecule has 0 radical (unpaired) electrons. The van der Waals surface area contributed by atoms with Gasteiger partial charge in [-0.25, -0.2) is 4.98 Å². The molecule has 1 saturated heterocycles. The summed E-state index contributed by atoms with van der Waals surface area (Å²) in [7, 11) is 1.82. The van der Waals surface area contributed by atoms with E-state index in [0.29, 0.717) is 5.92 Å². The fraction of sp³-hybridized carbons (Fsp3) is 0.789. The number of morpholine rings is 1. The Morgan fingerprint density at radius 2 is 2.22 bits per heavy atom. The van der Waals surface area contributed by atoms with E-state index in [2.05, 4.69) is 51.7 Å². The predicted molar refractivity (Wildman–Crippen MR) is 126 cm³/mol. The number of aliphatic imine (C=N–C) groups is 1. The van der Waals surface area contributed by atoms with Crippen LogP contribution in [-0.2, 0) is 11.2 Å². The molecule has 1 unspecified atom stereocenters. The van der Waals surface area contributed by atoms with E-state index in [1.807, 2.05) is 7.05 Å². The van der Waals surface area contributed by atoms with E-state index in [4.69, 9.17) is 4.74 Å². The van der Waals surface area contributed by atoms with Crippen molar-refractivity contribution in [2.75, 3.05) is 46.4 Å². The van der Waals surface area contributed by atoms with Gasteiger partial charge in [-0.1, -0.05) is 13.8 Å². The maximum atomic E-state index is 5.89. The summed E-state index contributed by atoms with van der Waals surface area (Å²) in [6, 6.07) is 0. The number of rotatable bonds is 9. The summed E-state index contributed by atoms with van der Waals surface area (Å²) in [5, 5.41) is 10.2. The smallest absolute Gasteiger partial charge is 0.191 e. The van der Waals surface area contributed by atoms with E-state index < -0.39 is 0 Å². The third-order valence-corrected chi connectivity index (χ3v) is 5.37. The van der Waals surface area contributed by atoms with E-state index in [0.717, 1.165) is 70.2 Å². The Bertz CT molecular complexity index is 552. The minimum Gasteiger partial charge on any atom is -0.374 e. The Kier molecular flexibility index (Phi) is 12.5. The molecule has 1 aromatic rings. The van der Waals surface area contributed by atoms with Crippen molar-refractivity contribution in [2.45, 2.75) is 46.1 Å². The minimum absolute atomic E-state index is 0. The molecule has 1 aromatic heterocycles. The number of aryl methyl sites for hydroxylation is 2. The van der Waals surface area contributed by atoms with Crippen LogP contribution in [-0.4, -0.2) is 68.3 Å². The van der Waals surface area contributed by atoms with Crippen LogP contribution in [0.15, 0.2) is 10.4 Å². The van der Waals surface area contributed by atoms with Gasteiger partial charge in [0.25, 0.3) is 0 Å². The molecule has 156 valence electrons. The van der Waals surface area contributed by atoms with Gasteiger partial charge in [0, 0.05) is 50.8 Å². The van der Waals surface area contributed by atoms with Gasteiger partial charge in [0.15, 0.2) is 5.96 Å². The Morgan fingerprint density at radius 3 is 2.89 bits per heavy atom. The molecule has 1 aliphatic rings. The van der Waals surface area contributed by atoms with Gasteiger partial charge in [0.1, 0.15) is 0 Å². The highest BCUT2D eigenvalue weighted by atomic mass is 127. The van der Waals surface area contributed by atoms with Gasteiger partial charge in [0.05, 0.1) is 17.7 Å². The predicted octanol–water partition coefficient (Wildman–Crippen LogP) is 2.91. The third-order valence-electron chi connectivity index (χ3n) is 4.34. The number of halogens is 1. The maximum Gasteiger partial charge on any atom is 0.191 e. The number of unbranched alkanes of at least 4 members (excludes halogenated alkanes) is 1. The second kappa shape index (κ2) is 13.7. The monoisotopic (exact) mass is 509 g/mol. The van der Waals surface area contributed by atoms with Gasteiger partial charge in [-0.2, -0.15) is 0 Å². The summed E-state index contributed by atoms with van der Waals surface area (Å²) in [5.41, 5.74) is 1.13. The summed E-state index contributed by atoms with van der Waals surface area (Å²) in [6.07, 6.45) is 3.55. The van der Waals surface area contributed by atoms with Crippen LogP contribution in [0.4, 0.5) is 0 Å². The molecule has 6 nitrogen and oxygen atoms in total. The number of nitrogens with one attached hydrogen (secondary N) is 2. The lowest BCUT2D eigenvalue weighted by Crippen LogP contribution is -2.50. The molecule has 2 N–H and O–H groups in total. The van der Waals surface area contributed by atoms with Crippen LogP contribution in [0.3, 0.4) is 0 Å². The molecule has 2 heterocycles. The Hall–Kier alpha value is -0.450. The molecule has 27 heavy (non-hydrogen) atoms. The fourth-order valence-corrected chi connectivity index (χ4v) is 3.96. The molecule has 0 saturated carbocycles. The van der Waals surface area contributed by atoms with Gasteiger partial charge < -0.3 is 15.4 Å². The number of hydrogen-bond acceptors (Lipinski definition) is 5. The van der Waals surface area contributed by atoms with Crippen molar-refractivity contribution in [3.05, 3.63) is 16.1 Å². The molecule has 8 heteroatoms. The molecular weight excluding hydrogens is 473 g/mol. The zero-order valence-corrected chi connectivity index (χ0v) is 20.3. The van der Waals surface area contributed by atoms with E-state index in [9.17, 15) is 0 Å². The van der Waals surface area contributed by atoms with Crippen molar-refractivity contribution >= 4 is 41.3 Å². The fourth-order valence-electron chi connectivity index (χ4n) is 3.14. The number of nitrogens with zero attached hydrogens (tertiary/aromatic N) is 3. The van der Waals surface area contributed by atoms with Gasteiger partial charge in [-0.05, 0) is 32.1 Å². The summed E-state index contributed by atoms with van der Waals surface area (Å²) in [4.78, 5) is 11.3. The quantitative estimate of drug-likeness (QED) is 0.232. The molecule has 0 bridgehead atoms. The molecule has 2 rings (SSSR count). The highest BCUT2D eigenvalue weighted by Gasteiger charge is 2.20. The van der Waals surface area contributed by atoms with Crippen LogP contribution in [0.5, 0.6) is 0 Å². The number of guanidine groups is 1. The third kappa shape index (κ3) is 10.0. The Labute approximate surface area is 185 Å². The largest absolute Gasteiger partial charge is 0.374 e. The van der Waals surface area contributed by atoms with E-state index in [1.54, 1.807) is 11.3 Å². The first-order valence-corrected chi connectivity index (χ1v) is 10.6. The molecule has 1 atom stereocenters. The summed E-state index contributed by atoms with van der Waals surface area (Å²) < 4.78 is 5.89. The number of thiazole rings is 1. The Balaban J connectivity index is 0.00000364. The zero-order valence-electron chi connectivity index (χ0n) is 17.2. The van der Waals surface area contributed by atoms with Crippen molar-refractivity contribution < 1.29 is 4.74 Å². The normalized spacial score (nSPS) is 18.4. The van der Waals surface area contributed by atoms with Gasteiger partial charge in [0.2, 0.25) is 0 Å². The molecular formula is C19H36IN5OS. The summed E-state index contributed by atoms with van der Waals surface area (Å²) >= 11 is 1.76. The highest BCUT2D eigenvalue weighted by Crippen LogP contribution is 2.11. The maximum absolute atomic E-state index is 5.89. The molecule has 0 spiro atoms. The lowest BCUT2D eigenvalue weighted by molar-refractivity contribution is -0.0284. The second-order valence-electron chi connectivity index (χ2n) is 7.37. The van der Waals surface area contributed by atoms with Crippen molar-refractivity contribution in [1.29, 1.82) is 0 Å². The average molecular weight is 510 g/mol. The van der Waals surface area contributed by atoms with E-state index >= 15 is 0 Å². The molecule has 1 fully saturated rings. The van der Waals surface area contributed by atoms with Crippen molar-refractivity contribution in [1.82, 2.24) is 20.5 Å². The highest BCUT2D eigenvalue weighted by molar-refractivity contribution is 14.0. The standard InChI is InChI=1S/C19H35N5OS.HI/c1-15(2)12-24-9-10-25-17(13-24)11-22-19(20-4)21-8-6-5-7-18-23-16(3)14-26-18;/h14-15,17H,5-13H2,1-4H3,(H2,20,21,22);1H. The molecule has 0 amide bonds. The molecule has 0 aliphatic carbocycles. The molecule has 0 aromatic carbocycles. The first-order chi connectivity index (χ1) is 12.6. The van der Waals surface area contributed by atoms with Gasteiger partial charge in [-0.3, -0.25) is 9.89 Å². The van der Waals surface area contributed by atoms with Crippen molar-refractivity contribution in [2.24, 2.45) is 10.9 Å². The van der Waals surface area contributed by atoms with E-state index in [-0.39, 0.29) is 30.1 Å². The van der Waals surface area contributed by atoms with E-state index in [1.165, 1.54) is 5.01 Å². The van der Waals surface area contributed by atoms with Crippen LogP contribution < -0.4 is 10.6 Å². The SMILES string of the molecule is CN=C(NCCCCc1nc(C)cs1)NCC1CN(CC(C)C)CCO1.I. The van der Waals surface area contributed by atoms with Crippen LogP contribution in [0.25, 0.3) is 0 Å². The van der Waals surface area contributed by atoms with Crippen LogP contribution in [0.2, 0.25) is 0 Å². The van der Waals surface area contributed by atoms with Crippen LogP contribution >= 0.6 is 35.3 Å². The lowest BCUT2D eigenvalue weighted by Gasteiger charge is -2.34. The number of ether oxygens (including phenoxy) is 1. The first-order valence-electron chi connectivity index (χ1n) is 9.76. The van der Waals surface area contributed by atoms with Crippen molar-refractivity contribution in [3.63, 3.8) is 0 Å². The first kappa shape index (κ1) is 24.6.